The Labute approximate surface area is 119 Å². The van der Waals surface area contributed by atoms with Gasteiger partial charge in [0.1, 0.15) is 5.82 Å². The summed E-state index contributed by atoms with van der Waals surface area (Å²) in [5, 5.41) is 2.34. The average Bonchev–Trinajstić information content (AvgIpc) is 2.47. The van der Waals surface area contributed by atoms with Gasteiger partial charge in [0.2, 0.25) is 0 Å². The lowest BCUT2D eigenvalue weighted by atomic mass is 10.1. The smallest absolute Gasteiger partial charge is 0.136 e. The first kappa shape index (κ1) is 14.1. The van der Waals surface area contributed by atoms with Crippen molar-refractivity contribution in [2.75, 3.05) is 31.7 Å². The van der Waals surface area contributed by atoms with E-state index in [9.17, 15) is 0 Å². The number of ether oxygens (including phenoxy) is 1. The van der Waals surface area contributed by atoms with Crippen LogP contribution in [0.25, 0.3) is 10.8 Å². The topological polar surface area (TPSA) is 25.4 Å². The lowest BCUT2D eigenvalue weighted by Crippen LogP contribution is -2.28. The molecule has 2 aromatic rings. The minimum Gasteiger partial charge on any atom is -0.383 e. The van der Waals surface area contributed by atoms with Crippen molar-refractivity contribution in [1.82, 2.24) is 4.98 Å². The van der Waals surface area contributed by atoms with Crippen LogP contribution in [-0.2, 0) is 10.6 Å². The highest BCUT2D eigenvalue weighted by Gasteiger charge is 2.11. The number of nitrogens with zero attached hydrogens (tertiary/aromatic N) is 2. The van der Waals surface area contributed by atoms with Gasteiger partial charge in [0, 0.05) is 25.6 Å². The van der Waals surface area contributed by atoms with Crippen LogP contribution in [0.5, 0.6) is 0 Å². The molecule has 0 saturated heterocycles. The van der Waals surface area contributed by atoms with E-state index in [1.165, 1.54) is 5.39 Å². The van der Waals surface area contributed by atoms with E-state index in [2.05, 4.69) is 35.0 Å². The van der Waals surface area contributed by atoms with Gasteiger partial charge in [-0.1, -0.05) is 24.3 Å². The molecule has 3 nitrogen and oxygen atoms in total. The number of fused-ring (bicyclic) bond motifs is 1. The van der Waals surface area contributed by atoms with Crippen LogP contribution in [-0.4, -0.2) is 31.8 Å². The summed E-state index contributed by atoms with van der Waals surface area (Å²) in [6.07, 6.45) is 0. The van der Waals surface area contributed by atoms with Crippen LogP contribution in [0.4, 0.5) is 5.82 Å². The highest BCUT2D eigenvalue weighted by atomic mass is 35.5. The number of halogens is 1. The van der Waals surface area contributed by atoms with Gasteiger partial charge in [-0.2, -0.15) is 0 Å². The number of hydrogen-bond acceptors (Lipinski definition) is 3. The number of methoxy groups -OCH3 is 1. The normalized spacial score (nSPS) is 10.9. The molecule has 1 aromatic heterocycles. The number of hydrogen-bond donors (Lipinski definition) is 0. The summed E-state index contributed by atoms with van der Waals surface area (Å²) in [6, 6.07) is 10.3. The number of anilines is 1. The van der Waals surface area contributed by atoms with E-state index in [4.69, 9.17) is 16.3 Å². The summed E-state index contributed by atoms with van der Waals surface area (Å²) >= 11 is 5.95. The molecule has 0 aliphatic rings. The van der Waals surface area contributed by atoms with Crippen LogP contribution >= 0.6 is 11.6 Å². The molecule has 0 aliphatic carbocycles. The predicted octanol–water partition coefficient (Wildman–Crippen LogP) is 3.45. The number of likely N-dealkylation sites (N-methyl/N-ethyl adjacent to an activating group) is 1. The maximum atomic E-state index is 5.95. The molecule has 1 aromatic carbocycles. The quantitative estimate of drug-likeness (QED) is 0.757. The van der Waals surface area contributed by atoms with Crippen molar-refractivity contribution in [1.29, 1.82) is 0 Å². The first-order valence-corrected chi connectivity index (χ1v) is 7.02. The van der Waals surface area contributed by atoms with Gasteiger partial charge in [-0.05, 0) is 18.4 Å². The third-order valence-electron chi connectivity index (χ3n) is 3.16. The fourth-order valence-electron chi connectivity index (χ4n) is 2.16. The molecule has 2 rings (SSSR count). The van der Waals surface area contributed by atoms with Gasteiger partial charge in [0.05, 0.1) is 18.2 Å². The van der Waals surface area contributed by atoms with Crippen molar-refractivity contribution in [3.63, 3.8) is 0 Å². The molecule has 19 heavy (non-hydrogen) atoms. The van der Waals surface area contributed by atoms with Crippen molar-refractivity contribution >= 4 is 28.2 Å². The lowest BCUT2D eigenvalue weighted by Gasteiger charge is -2.23. The first-order chi connectivity index (χ1) is 9.30. The highest BCUT2D eigenvalue weighted by Crippen LogP contribution is 2.26. The van der Waals surface area contributed by atoms with Gasteiger partial charge in [0.15, 0.2) is 0 Å². The molecular weight excluding hydrogens is 260 g/mol. The second kappa shape index (κ2) is 6.73. The Hall–Kier alpha value is -1.32. The minimum atomic E-state index is 0.430. The fraction of sp³-hybridized carbons (Fsp3) is 0.400. The maximum absolute atomic E-state index is 5.95. The van der Waals surface area contributed by atoms with Crippen molar-refractivity contribution in [3.8, 4) is 0 Å². The molecule has 0 bridgehead atoms. The number of rotatable bonds is 6. The molecule has 102 valence electrons. The predicted molar refractivity (Wildman–Crippen MR) is 81.1 cm³/mol. The zero-order valence-corrected chi connectivity index (χ0v) is 12.2. The first-order valence-electron chi connectivity index (χ1n) is 6.48. The fourth-order valence-corrected chi connectivity index (χ4v) is 2.30. The lowest BCUT2D eigenvalue weighted by molar-refractivity contribution is 0.205. The van der Waals surface area contributed by atoms with Gasteiger partial charge in [-0.3, -0.25) is 0 Å². The number of alkyl halides is 1. The summed E-state index contributed by atoms with van der Waals surface area (Å²) in [4.78, 5) is 6.91. The summed E-state index contributed by atoms with van der Waals surface area (Å²) < 4.78 is 5.17. The van der Waals surface area contributed by atoms with Crippen LogP contribution in [0.15, 0.2) is 30.3 Å². The summed E-state index contributed by atoms with van der Waals surface area (Å²) in [5.41, 5.74) is 0.909. The van der Waals surface area contributed by atoms with Gasteiger partial charge in [-0.25, -0.2) is 4.98 Å². The van der Waals surface area contributed by atoms with E-state index >= 15 is 0 Å². The Balaban J connectivity index is 2.49. The van der Waals surface area contributed by atoms with E-state index < -0.39 is 0 Å². The third kappa shape index (κ3) is 3.17. The zero-order chi connectivity index (χ0) is 13.7. The Morgan fingerprint density at radius 3 is 2.79 bits per heavy atom. The number of benzene rings is 1. The standard InChI is InChI=1S/C15H19ClN2O/c1-3-18(8-9-19-2)15-14-7-5-4-6-12(14)10-13(11-16)17-15/h4-7,10H,3,8-9,11H2,1-2H3. The molecule has 0 amide bonds. The van der Waals surface area contributed by atoms with Gasteiger partial charge >= 0.3 is 0 Å². The average molecular weight is 279 g/mol. The maximum Gasteiger partial charge on any atom is 0.136 e. The van der Waals surface area contributed by atoms with E-state index in [0.717, 1.165) is 30.0 Å². The van der Waals surface area contributed by atoms with E-state index in [1.54, 1.807) is 7.11 Å². The second-order valence-corrected chi connectivity index (χ2v) is 4.63. The Morgan fingerprint density at radius 1 is 1.32 bits per heavy atom. The van der Waals surface area contributed by atoms with Gasteiger partial charge in [-0.15, -0.1) is 11.6 Å². The number of pyridine rings is 1. The largest absolute Gasteiger partial charge is 0.383 e. The van der Waals surface area contributed by atoms with Gasteiger partial charge in [0.25, 0.3) is 0 Å². The van der Waals surface area contributed by atoms with Crippen molar-refractivity contribution in [2.24, 2.45) is 0 Å². The van der Waals surface area contributed by atoms with Crippen molar-refractivity contribution in [2.45, 2.75) is 12.8 Å². The molecule has 0 unspecified atom stereocenters. The third-order valence-corrected chi connectivity index (χ3v) is 3.43. The molecule has 0 N–H and O–H groups in total. The monoisotopic (exact) mass is 278 g/mol. The summed E-state index contributed by atoms with van der Waals surface area (Å²) in [7, 11) is 1.72. The van der Waals surface area contributed by atoms with Crippen LogP contribution in [0.1, 0.15) is 12.6 Å². The second-order valence-electron chi connectivity index (χ2n) is 4.36. The van der Waals surface area contributed by atoms with Crippen molar-refractivity contribution < 1.29 is 4.74 Å². The molecule has 0 fully saturated rings. The molecule has 0 aliphatic heterocycles. The molecule has 0 atom stereocenters. The Bertz CT molecular complexity index is 545. The van der Waals surface area contributed by atoms with Gasteiger partial charge < -0.3 is 9.64 Å². The molecule has 0 radical (unpaired) electrons. The van der Waals surface area contributed by atoms with Crippen LogP contribution in [0, 0.1) is 0 Å². The molecule has 4 heteroatoms. The summed E-state index contributed by atoms with van der Waals surface area (Å²) in [6.45, 7) is 4.54. The molecule has 1 heterocycles. The highest BCUT2D eigenvalue weighted by molar-refractivity contribution is 6.17. The molecule has 0 spiro atoms. The Kier molecular flexibility index (Phi) is 5.00. The summed E-state index contributed by atoms with van der Waals surface area (Å²) in [5.74, 6) is 1.42. The number of aromatic nitrogens is 1. The van der Waals surface area contributed by atoms with E-state index in [-0.39, 0.29) is 0 Å². The molecule has 0 saturated carbocycles. The van der Waals surface area contributed by atoms with Crippen LogP contribution in [0.3, 0.4) is 0 Å². The van der Waals surface area contributed by atoms with E-state index in [0.29, 0.717) is 12.5 Å². The zero-order valence-electron chi connectivity index (χ0n) is 11.4. The van der Waals surface area contributed by atoms with Crippen LogP contribution in [0.2, 0.25) is 0 Å². The SMILES string of the molecule is CCN(CCOC)c1nc(CCl)cc2ccccc12. The minimum absolute atomic E-state index is 0.430. The van der Waals surface area contributed by atoms with Crippen LogP contribution < -0.4 is 4.90 Å². The molecular formula is C15H19ClN2O. The Morgan fingerprint density at radius 2 is 2.11 bits per heavy atom. The van der Waals surface area contributed by atoms with Crippen molar-refractivity contribution in [3.05, 3.63) is 36.0 Å². The van der Waals surface area contributed by atoms with E-state index in [1.807, 2.05) is 12.1 Å².